The number of aliphatic imine (C=N–C) groups is 1. The fraction of sp³-hybridized carbons (Fsp3) is 0.111. The van der Waals surface area contributed by atoms with Crippen LogP contribution in [0.2, 0.25) is 0 Å². The van der Waals surface area contributed by atoms with E-state index in [2.05, 4.69) is 4.99 Å². The van der Waals surface area contributed by atoms with E-state index < -0.39 is 35.6 Å². The van der Waals surface area contributed by atoms with Crippen LogP contribution in [0.5, 0.6) is 0 Å². The number of hydrogen-bond donors (Lipinski definition) is 3. The highest BCUT2D eigenvalue weighted by molar-refractivity contribution is 14.0. The molecule has 0 heterocycles. The number of carbonyl (C=O) groups is 1. The Morgan fingerprint density at radius 1 is 1.22 bits per heavy atom. The molecule has 5 N–H and O–H groups in total. The summed E-state index contributed by atoms with van der Waals surface area (Å²) < 4.78 is 38.5. The number of amides is 1. The summed E-state index contributed by atoms with van der Waals surface area (Å²) in [7, 11) is 0. The first-order valence-electron chi connectivity index (χ1n) is 4.40. The van der Waals surface area contributed by atoms with E-state index in [1.165, 1.54) is 0 Å². The molecule has 1 rings (SSSR count). The van der Waals surface area contributed by atoms with Crippen molar-refractivity contribution in [2.75, 3.05) is 11.9 Å². The first-order chi connectivity index (χ1) is 7.91. The Balaban J connectivity index is 0.00000289. The third-order valence-electron chi connectivity index (χ3n) is 1.71. The van der Waals surface area contributed by atoms with Crippen LogP contribution >= 0.6 is 24.0 Å². The summed E-state index contributed by atoms with van der Waals surface area (Å²) in [6, 6.07) is 1.58. The van der Waals surface area contributed by atoms with Gasteiger partial charge in [-0.3, -0.25) is 4.79 Å². The fourth-order valence-electron chi connectivity index (χ4n) is 0.975. The van der Waals surface area contributed by atoms with Gasteiger partial charge in [-0.1, -0.05) is 0 Å². The SMILES string of the molecule is I.NC(N)=NCC(=O)Nc1ccc(F)c(F)c1F. The van der Waals surface area contributed by atoms with Crippen molar-refractivity contribution in [3.63, 3.8) is 0 Å². The number of carbonyl (C=O) groups excluding carboxylic acids is 1. The van der Waals surface area contributed by atoms with Crippen LogP contribution in [0.25, 0.3) is 0 Å². The quantitative estimate of drug-likeness (QED) is 0.318. The van der Waals surface area contributed by atoms with Crippen LogP contribution in [-0.4, -0.2) is 18.4 Å². The molecule has 0 aromatic heterocycles. The van der Waals surface area contributed by atoms with Gasteiger partial charge in [-0.2, -0.15) is 0 Å². The first kappa shape index (κ1) is 16.5. The van der Waals surface area contributed by atoms with Gasteiger partial charge in [0.2, 0.25) is 5.91 Å². The molecule has 5 nitrogen and oxygen atoms in total. The van der Waals surface area contributed by atoms with Crippen LogP contribution in [0.15, 0.2) is 17.1 Å². The summed E-state index contributed by atoms with van der Waals surface area (Å²) in [4.78, 5) is 14.5. The summed E-state index contributed by atoms with van der Waals surface area (Å²) in [5.74, 6) is -5.56. The van der Waals surface area contributed by atoms with E-state index in [4.69, 9.17) is 11.5 Å². The summed E-state index contributed by atoms with van der Waals surface area (Å²) in [5, 5.41) is 1.99. The van der Waals surface area contributed by atoms with Gasteiger partial charge >= 0.3 is 0 Å². The molecule has 1 aromatic rings. The highest BCUT2D eigenvalue weighted by Crippen LogP contribution is 2.19. The lowest BCUT2D eigenvalue weighted by Gasteiger charge is -2.05. The van der Waals surface area contributed by atoms with E-state index in [-0.39, 0.29) is 29.9 Å². The minimum Gasteiger partial charge on any atom is -0.370 e. The number of anilines is 1. The fourth-order valence-corrected chi connectivity index (χ4v) is 0.975. The van der Waals surface area contributed by atoms with E-state index in [1.807, 2.05) is 5.32 Å². The standard InChI is InChI=1S/C9H9F3N4O.HI/c10-4-1-2-5(8(12)7(4)11)16-6(17)3-15-9(13)14;/h1-2H,3H2,(H,16,17)(H4,13,14,15);1H. The second kappa shape index (κ2) is 7.03. The minimum atomic E-state index is -1.66. The molecule has 1 aromatic carbocycles. The number of nitrogens with zero attached hydrogens (tertiary/aromatic N) is 1. The van der Waals surface area contributed by atoms with Gasteiger partial charge in [0.25, 0.3) is 0 Å². The number of benzene rings is 1. The van der Waals surface area contributed by atoms with Crippen LogP contribution in [0.3, 0.4) is 0 Å². The van der Waals surface area contributed by atoms with Crippen molar-refractivity contribution in [2.24, 2.45) is 16.5 Å². The highest BCUT2D eigenvalue weighted by Gasteiger charge is 2.14. The lowest BCUT2D eigenvalue weighted by Crippen LogP contribution is -2.25. The molecule has 0 atom stereocenters. The molecule has 0 unspecified atom stereocenters. The largest absolute Gasteiger partial charge is 0.370 e. The Labute approximate surface area is 117 Å². The zero-order valence-electron chi connectivity index (χ0n) is 8.91. The Hall–Kier alpha value is -1.52. The summed E-state index contributed by atoms with van der Waals surface area (Å²) in [6.45, 7) is -0.444. The minimum absolute atomic E-state index is 0. The molecule has 100 valence electrons. The third kappa shape index (κ3) is 4.39. The van der Waals surface area contributed by atoms with Crippen LogP contribution in [0.4, 0.5) is 18.9 Å². The lowest BCUT2D eigenvalue weighted by atomic mass is 10.3. The van der Waals surface area contributed by atoms with Gasteiger partial charge in [0, 0.05) is 0 Å². The number of hydrogen-bond acceptors (Lipinski definition) is 2. The van der Waals surface area contributed by atoms with Crippen LogP contribution < -0.4 is 16.8 Å². The molecule has 0 aliphatic carbocycles. The topological polar surface area (TPSA) is 93.5 Å². The molecular weight excluding hydrogens is 364 g/mol. The van der Waals surface area contributed by atoms with Gasteiger partial charge in [-0.25, -0.2) is 18.2 Å². The number of halogens is 4. The maximum absolute atomic E-state index is 13.1. The van der Waals surface area contributed by atoms with Gasteiger partial charge in [0.1, 0.15) is 6.54 Å². The summed E-state index contributed by atoms with van der Waals surface area (Å²) in [6.07, 6.45) is 0. The molecule has 0 aliphatic heterocycles. The van der Waals surface area contributed by atoms with Crippen LogP contribution in [0.1, 0.15) is 0 Å². The highest BCUT2D eigenvalue weighted by atomic mass is 127. The number of nitrogens with two attached hydrogens (primary N) is 2. The zero-order chi connectivity index (χ0) is 13.0. The van der Waals surface area contributed by atoms with Gasteiger partial charge in [-0.05, 0) is 12.1 Å². The predicted molar refractivity (Wildman–Crippen MR) is 71.0 cm³/mol. The monoisotopic (exact) mass is 374 g/mol. The van der Waals surface area contributed by atoms with Crippen LogP contribution in [0, 0.1) is 17.5 Å². The van der Waals surface area contributed by atoms with E-state index >= 15 is 0 Å². The first-order valence-corrected chi connectivity index (χ1v) is 4.40. The van der Waals surface area contributed by atoms with E-state index in [1.54, 1.807) is 0 Å². The molecule has 9 heteroatoms. The van der Waals surface area contributed by atoms with Crippen molar-refractivity contribution in [2.45, 2.75) is 0 Å². The molecule has 0 spiro atoms. The van der Waals surface area contributed by atoms with Crippen molar-refractivity contribution in [1.82, 2.24) is 0 Å². The molecular formula is C9H10F3IN4O. The Kier molecular flexibility index (Phi) is 6.44. The molecule has 1 amide bonds. The Morgan fingerprint density at radius 3 is 2.39 bits per heavy atom. The second-order valence-electron chi connectivity index (χ2n) is 3.01. The van der Waals surface area contributed by atoms with Gasteiger partial charge in [0.05, 0.1) is 5.69 Å². The predicted octanol–water partition coefficient (Wildman–Crippen LogP) is 0.934. The number of rotatable bonds is 3. The molecule has 0 fully saturated rings. The summed E-state index contributed by atoms with van der Waals surface area (Å²) in [5.41, 5.74) is 9.46. The van der Waals surface area contributed by atoms with E-state index in [0.29, 0.717) is 6.07 Å². The Bertz CT molecular complexity index is 477. The maximum Gasteiger partial charge on any atom is 0.246 e. The normalized spacial score (nSPS) is 9.28. The Morgan fingerprint density at radius 2 is 1.83 bits per heavy atom. The molecule has 0 saturated carbocycles. The molecule has 18 heavy (non-hydrogen) atoms. The molecule has 0 aliphatic rings. The van der Waals surface area contributed by atoms with Crippen LogP contribution in [-0.2, 0) is 4.79 Å². The average Bonchev–Trinajstić information content (AvgIpc) is 2.27. The van der Waals surface area contributed by atoms with Gasteiger partial charge in [-0.15, -0.1) is 24.0 Å². The molecule has 0 saturated heterocycles. The number of guanidine groups is 1. The van der Waals surface area contributed by atoms with Gasteiger partial charge in [0.15, 0.2) is 23.4 Å². The van der Waals surface area contributed by atoms with Crippen molar-refractivity contribution in [1.29, 1.82) is 0 Å². The second-order valence-corrected chi connectivity index (χ2v) is 3.01. The smallest absolute Gasteiger partial charge is 0.246 e. The van der Waals surface area contributed by atoms with Crippen molar-refractivity contribution >= 4 is 41.5 Å². The van der Waals surface area contributed by atoms with Crippen molar-refractivity contribution in [3.8, 4) is 0 Å². The maximum atomic E-state index is 13.1. The third-order valence-corrected chi connectivity index (χ3v) is 1.71. The van der Waals surface area contributed by atoms with Gasteiger partial charge < -0.3 is 16.8 Å². The van der Waals surface area contributed by atoms with E-state index in [9.17, 15) is 18.0 Å². The molecule has 0 radical (unpaired) electrons. The van der Waals surface area contributed by atoms with E-state index in [0.717, 1.165) is 6.07 Å². The average molecular weight is 374 g/mol. The van der Waals surface area contributed by atoms with Crippen molar-refractivity contribution < 1.29 is 18.0 Å². The molecule has 0 bridgehead atoms. The summed E-state index contributed by atoms with van der Waals surface area (Å²) >= 11 is 0. The van der Waals surface area contributed by atoms with Crippen molar-refractivity contribution in [3.05, 3.63) is 29.6 Å². The zero-order valence-corrected chi connectivity index (χ0v) is 11.2. The number of nitrogens with one attached hydrogen (secondary N) is 1. The lowest BCUT2D eigenvalue weighted by molar-refractivity contribution is -0.114.